The number of piperidine rings is 1. The number of H-pyrrole nitrogens is 1. The summed E-state index contributed by atoms with van der Waals surface area (Å²) in [5, 5.41) is 6.53. The summed E-state index contributed by atoms with van der Waals surface area (Å²) in [7, 11) is 0. The summed E-state index contributed by atoms with van der Waals surface area (Å²) in [4.78, 5) is 19.0. The van der Waals surface area contributed by atoms with Crippen LogP contribution in [-0.2, 0) is 12.6 Å². The molecule has 0 atom stereocenters. The average Bonchev–Trinajstić information content (AvgIpc) is 3.28. The van der Waals surface area contributed by atoms with E-state index in [1.807, 2.05) is 23.1 Å². The van der Waals surface area contributed by atoms with Crippen molar-refractivity contribution in [1.29, 1.82) is 0 Å². The van der Waals surface area contributed by atoms with E-state index in [0.717, 1.165) is 41.9 Å². The lowest BCUT2D eigenvalue weighted by Gasteiger charge is -2.31. The van der Waals surface area contributed by atoms with Gasteiger partial charge in [-0.2, -0.15) is 18.3 Å². The maximum atomic E-state index is 12.7. The highest BCUT2D eigenvalue weighted by Gasteiger charge is 2.30. The second-order valence-corrected chi connectivity index (χ2v) is 7.46. The molecule has 0 saturated carbocycles. The molecule has 0 aliphatic carbocycles. The van der Waals surface area contributed by atoms with Crippen molar-refractivity contribution in [3.63, 3.8) is 0 Å². The Morgan fingerprint density at radius 3 is 2.43 bits per heavy atom. The molecule has 1 fully saturated rings. The van der Waals surface area contributed by atoms with Gasteiger partial charge in [-0.3, -0.25) is 14.9 Å². The van der Waals surface area contributed by atoms with Gasteiger partial charge in [-0.25, -0.2) is 0 Å². The van der Waals surface area contributed by atoms with Crippen LogP contribution in [0.5, 0.6) is 0 Å². The fourth-order valence-corrected chi connectivity index (χ4v) is 3.77. The molecule has 0 bridgehead atoms. The van der Waals surface area contributed by atoms with Crippen LogP contribution >= 0.6 is 0 Å². The largest absolute Gasteiger partial charge is 0.416 e. The summed E-state index contributed by atoms with van der Waals surface area (Å²) in [6.45, 7) is 1.29. The van der Waals surface area contributed by atoms with Crippen molar-refractivity contribution < 1.29 is 18.0 Å². The molecule has 0 unspecified atom stereocenters. The first-order valence-electron chi connectivity index (χ1n) is 9.81. The lowest BCUT2D eigenvalue weighted by Crippen LogP contribution is -2.38. The van der Waals surface area contributed by atoms with Gasteiger partial charge >= 0.3 is 6.18 Å². The van der Waals surface area contributed by atoms with Gasteiger partial charge in [-0.15, -0.1) is 0 Å². The van der Waals surface area contributed by atoms with Crippen molar-refractivity contribution >= 4 is 5.91 Å². The molecule has 8 heteroatoms. The quantitative estimate of drug-likeness (QED) is 0.687. The second-order valence-electron chi connectivity index (χ2n) is 7.46. The summed E-state index contributed by atoms with van der Waals surface area (Å²) in [5.41, 5.74) is 2.42. The van der Waals surface area contributed by atoms with Crippen LogP contribution in [0.1, 0.15) is 51.8 Å². The number of aromatic nitrogens is 3. The van der Waals surface area contributed by atoms with Crippen molar-refractivity contribution in [2.24, 2.45) is 0 Å². The highest BCUT2D eigenvalue weighted by molar-refractivity contribution is 5.92. The second kappa shape index (κ2) is 8.30. The third kappa shape index (κ3) is 4.53. The van der Waals surface area contributed by atoms with Crippen molar-refractivity contribution in [1.82, 2.24) is 20.1 Å². The lowest BCUT2D eigenvalue weighted by molar-refractivity contribution is -0.137. The Labute approximate surface area is 171 Å². The van der Waals surface area contributed by atoms with Gasteiger partial charge in [-0.05, 0) is 48.7 Å². The van der Waals surface area contributed by atoms with E-state index in [1.54, 1.807) is 12.3 Å². The number of amides is 1. The number of carbonyl (C=O) groups is 1. The summed E-state index contributed by atoms with van der Waals surface area (Å²) in [5.74, 6) is 0.207. The molecule has 1 aliphatic heterocycles. The Hall–Kier alpha value is -3.16. The first-order valence-corrected chi connectivity index (χ1v) is 9.81. The molecule has 5 nitrogen and oxygen atoms in total. The van der Waals surface area contributed by atoms with Gasteiger partial charge in [0.15, 0.2) is 0 Å². The number of hydrogen-bond acceptors (Lipinski definition) is 3. The maximum absolute atomic E-state index is 12.7. The molecular formula is C22H21F3N4O. The zero-order valence-electron chi connectivity index (χ0n) is 16.2. The number of nitrogens with one attached hydrogen (secondary N) is 1. The number of aromatic amines is 1. The van der Waals surface area contributed by atoms with E-state index in [9.17, 15) is 18.0 Å². The molecule has 1 amide bonds. The highest BCUT2D eigenvalue weighted by Crippen LogP contribution is 2.30. The zero-order chi connectivity index (χ0) is 21.1. The first-order chi connectivity index (χ1) is 14.4. The van der Waals surface area contributed by atoms with Crippen molar-refractivity contribution in [3.8, 4) is 0 Å². The summed E-state index contributed by atoms with van der Waals surface area (Å²) < 4.78 is 38.2. The van der Waals surface area contributed by atoms with Crippen LogP contribution in [0.15, 0.2) is 54.7 Å². The molecule has 0 spiro atoms. The van der Waals surface area contributed by atoms with Gasteiger partial charge in [0, 0.05) is 43.0 Å². The van der Waals surface area contributed by atoms with Gasteiger partial charge in [0.2, 0.25) is 0 Å². The average molecular weight is 414 g/mol. The molecule has 1 saturated heterocycles. The normalized spacial score (nSPS) is 15.4. The molecule has 30 heavy (non-hydrogen) atoms. The van der Waals surface area contributed by atoms with E-state index >= 15 is 0 Å². The molecule has 156 valence electrons. The molecule has 1 aliphatic rings. The molecule has 1 aromatic carbocycles. The van der Waals surface area contributed by atoms with Crippen molar-refractivity contribution in [2.45, 2.75) is 31.4 Å². The van der Waals surface area contributed by atoms with Gasteiger partial charge in [-0.1, -0.05) is 18.2 Å². The topological polar surface area (TPSA) is 61.9 Å². The molecular weight excluding hydrogens is 393 g/mol. The fraction of sp³-hybridized carbons (Fsp3) is 0.318. The Bertz CT molecular complexity index is 992. The highest BCUT2D eigenvalue weighted by atomic mass is 19.4. The third-order valence-corrected chi connectivity index (χ3v) is 5.43. The number of likely N-dealkylation sites (tertiary alicyclic amines) is 1. The van der Waals surface area contributed by atoms with E-state index in [4.69, 9.17) is 4.98 Å². The predicted octanol–water partition coefficient (Wildman–Crippen LogP) is 4.43. The van der Waals surface area contributed by atoms with E-state index in [1.165, 1.54) is 12.1 Å². The smallest absolute Gasteiger partial charge is 0.337 e. The van der Waals surface area contributed by atoms with Gasteiger partial charge in [0.05, 0.1) is 5.56 Å². The number of alkyl halides is 3. The minimum absolute atomic E-state index is 0.0463. The van der Waals surface area contributed by atoms with E-state index < -0.39 is 11.7 Å². The van der Waals surface area contributed by atoms with Crippen LogP contribution in [0.3, 0.4) is 0 Å². The van der Waals surface area contributed by atoms with Gasteiger partial charge in [0.1, 0.15) is 5.69 Å². The lowest BCUT2D eigenvalue weighted by atomic mass is 9.92. The summed E-state index contributed by atoms with van der Waals surface area (Å²) in [6, 6.07) is 12.7. The number of hydrogen-bond donors (Lipinski definition) is 1. The van der Waals surface area contributed by atoms with Crippen LogP contribution in [0, 0.1) is 0 Å². The number of pyridine rings is 1. The van der Waals surface area contributed by atoms with Crippen LogP contribution in [0.2, 0.25) is 0 Å². The monoisotopic (exact) mass is 414 g/mol. The molecule has 2 aromatic heterocycles. The maximum Gasteiger partial charge on any atom is 0.416 e. The van der Waals surface area contributed by atoms with Crippen LogP contribution in [0.25, 0.3) is 0 Å². The molecule has 4 rings (SSSR count). The molecule has 3 heterocycles. The number of benzene rings is 1. The van der Waals surface area contributed by atoms with Crippen LogP contribution in [-0.4, -0.2) is 39.1 Å². The Kier molecular flexibility index (Phi) is 5.57. The van der Waals surface area contributed by atoms with Gasteiger partial charge in [0.25, 0.3) is 5.91 Å². The van der Waals surface area contributed by atoms with Gasteiger partial charge < -0.3 is 4.90 Å². The predicted molar refractivity (Wildman–Crippen MR) is 105 cm³/mol. The number of rotatable bonds is 4. The summed E-state index contributed by atoms with van der Waals surface area (Å²) in [6.07, 6.45) is -0.660. The molecule has 1 N–H and O–H groups in total. The Balaban J connectivity index is 1.39. The van der Waals surface area contributed by atoms with Crippen LogP contribution < -0.4 is 0 Å². The number of nitrogens with zero attached hydrogens (tertiary/aromatic N) is 3. The van der Waals surface area contributed by atoms with E-state index in [-0.39, 0.29) is 11.8 Å². The van der Waals surface area contributed by atoms with Crippen molar-refractivity contribution in [3.05, 3.63) is 82.9 Å². The minimum Gasteiger partial charge on any atom is -0.337 e. The SMILES string of the molecule is O=C(c1ccn[nH]1)N1CCC(c2cccc(Cc3ccc(C(F)(F)F)cc3)n2)CC1. The zero-order valence-corrected chi connectivity index (χ0v) is 16.2. The standard InChI is InChI=1S/C22H21F3N4O/c23-22(24,25)17-6-4-15(5-7-17)14-18-2-1-3-19(27-18)16-9-12-29(13-10-16)21(30)20-8-11-26-28-20/h1-8,11,16H,9-10,12-14H2,(H,26,28). The van der Waals surface area contributed by atoms with Crippen molar-refractivity contribution in [2.75, 3.05) is 13.1 Å². The number of halogens is 3. The Morgan fingerprint density at radius 1 is 1.07 bits per heavy atom. The summed E-state index contributed by atoms with van der Waals surface area (Å²) >= 11 is 0. The van der Waals surface area contributed by atoms with E-state index in [2.05, 4.69) is 10.2 Å². The first kappa shape index (κ1) is 20.1. The minimum atomic E-state index is -4.33. The Morgan fingerprint density at radius 2 is 1.80 bits per heavy atom. The fourth-order valence-electron chi connectivity index (χ4n) is 3.77. The van der Waals surface area contributed by atoms with E-state index in [0.29, 0.717) is 25.2 Å². The number of carbonyl (C=O) groups excluding carboxylic acids is 1. The third-order valence-electron chi connectivity index (χ3n) is 5.43. The molecule has 0 radical (unpaired) electrons. The molecule has 3 aromatic rings. The van der Waals surface area contributed by atoms with Crippen LogP contribution in [0.4, 0.5) is 13.2 Å².